The summed E-state index contributed by atoms with van der Waals surface area (Å²) in [7, 11) is 3.86. The molecule has 0 aliphatic heterocycles. The van der Waals surface area contributed by atoms with E-state index in [1.54, 1.807) is 4.68 Å². The average Bonchev–Trinajstić information content (AvgIpc) is 2.82. The van der Waals surface area contributed by atoms with Gasteiger partial charge in [0.15, 0.2) is 0 Å². The smallest absolute Gasteiger partial charge is 0.132 e. The monoisotopic (exact) mass is 259 g/mol. The highest BCUT2D eigenvalue weighted by Gasteiger charge is 2.11. The second kappa shape index (κ2) is 5.89. The molecule has 1 aromatic carbocycles. The van der Waals surface area contributed by atoms with Crippen LogP contribution >= 0.6 is 0 Å². The van der Waals surface area contributed by atoms with E-state index in [1.165, 1.54) is 11.1 Å². The van der Waals surface area contributed by atoms with Crippen LogP contribution in [0.4, 0.5) is 0 Å². The van der Waals surface area contributed by atoms with Gasteiger partial charge in [0, 0.05) is 24.8 Å². The van der Waals surface area contributed by atoms with Crippen molar-refractivity contribution < 1.29 is 4.74 Å². The van der Waals surface area contributed by atoms with Crippen LogP contribution in [-0.4, -0.2) is 16.8 Å². The largest absolute Gasteiger partial charge is 0.487 e. The lowest BCUT2D eigenvalue weighted by Crippen LogP contribution is -2.14. The highest BCUT2D eigenvalue weighted by atomic mass is 16.5. The lowest BCUT2D eigenvalue weighted by Gasteiger charge is -2.17. The van der Waals surface area contributed by atoms with Crippen molar-refractivity contribution in [1.29, 1.82) is 0 Å². The first kappa shape index (κ1) is 13.6. The van der Waals surface area contributed by atoms with E-state index >= 15 is 0 Å². The summed E-state index contributed by atoms with van der Waals surface area (Å²) in [5.41, 5.74) is 3.35. The molecule has 0 saturated heterocycles. The zero-order chi connectivity index (χ0) is 13.8. The first-order chi connectivity index (χ1) is 9.10. The predicted octanol–water partition coefficient (Wildman–Crippen LogP) is 2.59. The number of nitrogens with one attached hydrogen (secondary N) is 1. The molecule has 4 heteroatoms. The Morgan fingerprint density at radius 1 is 1.37 bits per heavy atom. The maximum Gasteiger partial charge on any atom is 0.132 e. The Labute approximate surface area is 114 Å². The highest BCUT2D eigenvalue weighted by Crippen LogP contribution is 2.26. The van der Waals surface area contributed by atoms with Crippen molar-refractivity contribution in [2.24, 2.45) is 7.05 Å². The minimum absolute atomic E-state index is 0.263. The molecule has 2 aromatic rings. The van der Waals surface area contributed by atoms with E-state index < -0.39 is 0 Å². The summed E-state index contributed by atoms with van der Waals surface area (Å²) in [6, 6.07) is 8.49. The number of hydrogen-bond acceptors (Lipinski definition) is 3. The van der Waals surface area contributed by atoms with Gasteiger partial charge in [-0.05, 0) is 33.0 Å². The van der Waals surface area contributed by atoms with Gasteiger partial charge in [0.1, 0.15) is 12.4 Å². The number of hydrogen-bond donors (Lipinski definition) is 1. The third-order valence-corrected chi connectivity index (χ3v) is 3.21. The maximum absolute atomic E-state index is 5.90. The van der Waals surface area contributed by atoms with Gasteiger partial charge in [-0.3, -0.25) is 4.68 Å². The number of aromatic nitrogens is 2. The molecule has 1 aromatic heterocycles. The minimum Gasteiger partial charge on any atom is -0.487 e. The third kappa shape index (κ3) is 3.35. The molecule has 0 amide bonds. The minimum atomic E-state index is 0.263. The molecular formula is C15H21N3O. The SMILES string of the molecule is CNC(C)c1cc(C)ccc1OCc1ccn(C)n1. The number of aryl methyl sites for hydroxylation is 2. The first-order valence-electron chi connectivity index (χ1n) is 6.49. The van der Waals surface area contributed by atoms with Crippen LogP contribution in [-0.2, 0) is 13.7 Å². The Balaban J connectivity index is 2.15. The maximum atomic E-state index is 5.90. The van der Waals surface area contributed by atoms with Crippen LogP contribution in [0.2, 0.25) is 0 Å². The normalized spacial score (nSPS) is 12.4. The number of benzene rings is 1. The fourth-order valence-corrected chi connectivity index (χ4v) is 1.99. The van der Waals surface area contributed by atoms with E-state index in [4.69, 9.17) is 4.74 Å². The third-order valence-electron chi connectivity index (χ3n) is 3.21. The Kier molecular flexibility index (Phi) is 4.22. The van der Waals surface area contributed by atoms with E-state index in [-0.39, 0.29) is 6.04 Å². The fourth-order valence-electron chi connectivity index (χ4n) is 1.99. The van der Waals surface area contributed by atoms with Gasteiger partial charge >= 0.3 is 0 Å². The standard InChI is InChI=1S/C15H21N3O/c1-11-5-6-15(14(9-11)12(2)16-3)19-10-13-7-8-18(4)17-13/h5-9,12,16H,10H2,1-4H3. The van der Waals surface area contributed by atoms with Gasteiger partial charge < -0.3 is 10.1 Å². The summed E-state index contributed by atoms with van der Waals surface area (Å²) < 4.78 is 7.68. The Morgan fingerprint density at radius 2 is 2.16 bits per heavy atom. The average molecular weight is 259 g/mol. The molecule has 1 unspecified atom stereocenters. The number of nitrogens with zero attached hydrogens (tertiary/aromatic N) is 2. The second-order valence-corrected chi connectivity index (χ2v) is 4.82. The molecule has 1 atom stereocenters. The van der Waals surface area contributed by atoms with Gasteiger partial charge in [-0.2, -0.15) is 5.10 Å². The van der Waals surface area contributed by atoms with E-state index in [1.807, 2.05) is 32.4 Å². The molecular weight excluding hydrogens is 238 g/mol. The molecule has 2 rings (SSSR count). The van der Waals surface area contributed by atoms with Gasteiger partial charge in [-0.15, -0.1) is 0 Å². The fraction of sp³-hybridized carbons (Fsp3) is 0.400. The molecule has 0 aliphatic carbocycles. The molecule has 0 saturated carbocycles. The summed E-state index contributed by atoms with van der Waals surface area (Å²) in [6.45, 7) is 4.71. The summed E-state index contributed by atoms with van der Waals surface area (Å²) in [4.78, 5) is 0. The summed E-state index contributed by atoms with van der Waals surface area (Å²) in [6.07, 6.45) is 1.92. The highest BCUT2D eigenvalue weighted by molar-refractivity contribution is 5.39. The van der Waals surface area contributed by atoms with Crippen LogP contribution in [0.1, 0.15) is 29.8 Å². The zero-order valence-electron chi connectivity index (χ0n) is 12.0. The molecule has 0 bridgehead atoms. The molecule has 19 heavy (non-hydrogen) atoms. The topological polar surface area (TPSA) is 39.1 Å². The van der Waals surface area contributed by atoms with Crippen molar-refractivity contribution in [1.82, 2.24) is 15.1 Å². The van der Waals surface area contributed by atoms with E-state index in [2.05, 4.69) is 36.4 Å². The Morgan fingerprint density at radius 3 is 2.79 bits per heavy atom. The lowest BCUT2D eigenvalue weighted by atomic mass is 10.0. The number of rotatable bonds is 5. The molecule has 0 radical (unpaired) electrons. The van der Waals surface area contributed by atoms with Crippen LogP contribution in [0.3, 0.4) is 0 Å². The Bertz CT molecular complexity index is 548. The summed E-state index contributed by atoms with van der Waals surface area (Å²) in [5.74, 6) is 0.915. The predicted molar refractivity (Wildman–Crippen MR) is 76.2 cm³/mol. The molecule has 0 fully saturated rings. The van der Waals surface area contributed by atoms with Crippen LogP contribution in [0.5, 0.6) is 5.75 Å². The van der Waals surface area contributed by atoms with Crippen LogP contribution in [0.15, 0.2) is 30.5 Å². The van der Waals surface area contributed by atoms with Crippen molar-refractivity contribution in [2.75, 3.05) is 7.05 Å². The molecule has 1 heterocycles. The zero-order valence-corrected chi connectivity index (χ0v) is 12.0. The quantitative estimate of drug-likeness (QED) is 0.897. The van der Waals surface area contributed by atoms with Gasteiger partial charge in [-0.25, -0.2) is 0 Å². The van der Waals surface area contributed by atoms with Crippen molar-refractivity contribution >= 4 is 0 Å². The van der Waals surface area contributed by atoms with Gasteiger partial charge in [0.2, 0.25) is 0 Å². The van der Waals surface area contributed by atoms with Crippen LogP contribution < -0.4 is 10.1 Å². The number of ether oxygens (including phenoxy) is 1. The van der Waals surface area contributed by atoms with Crippen molar-refractivity contribution in [2.45, 2.75) is 26.5 Å². The van der Waals surface area contributed by atoms with E-state index in [0.717, 1.165) is 11.4 Å². The van der Waals surface area contributed by atoms with Gasteiger partial charge in [0.25, 0.3) is 0 Å². The van der Waals surface area contributed by atoms with Crippen LogP contribution in [0.25, 0.3) is 0 Å². The molecule has 0 aliphatic rings. The summed E-state index contributed by atoms with van der Waals surface area (Å²) in [5, 5.41) is 7.57. The van der Waals surface area contributed by atoms with E-state index in [0.29, 0.717) is 6.61 Å². The second-order valence-electron chi connectivity index (χ2n) is 4.82. The van der Waals surface area contributed by atoms with Gasteiger partial charge in [0.05, 0.1) is 5.69 Å². The first-order valence-corrected chi connectivity index (χ1v) is 6.49. The van der Waals surface area contributed by atoms with Crippen molar-refractivity contribution in [3.05, 3.63) is 47.3 Å². The van der Waals surface area contributed by atoms with Crippen molar-refractivity contribution in [3.63, 3.8) is 0 Å². The Hall–Kier alpha value is -1.81. The molecule has 4 nitrogen and oxygen atoms in total. The molecule has 0 spiro atoms. The lowest BCUT2D eigenvalue weighted by molar-refractivity contribution is 0.294. The van der Waals surface area contributed by atoms with Crippen LogP contribution in [0, 0.1) is 6.92 Å². The summed E-state index contributed by atoms with van der Waals surface area (Å²) >= 11 is 0. The molecule has 1 N–H and O–H groups in total. The molecule has 102 valence electrons. The van der Waals surface area contributed by atoms with Crippen molar-refractivity contribution in [3.8, 4) is 5.75 Å². The van der Waals surface area contributed by atoms with E-state index in [9.17, 15) is 0 Å². The van der Waals surface area contributed by atoms with Gasteiger partial charge in [-0.1, -0.05) is 17.7 Å².